The minimum absolute atomic E-state index is 0.00357. The van der Waals surface area contributed by atoms with Gasteiger partial charge in [-0.05, 0) is 54.2 Å². The molecule has 0 spiro atoms. The highest BCUT2D eigenvalue weighted by Gasteiger charge is 2.41. The van der Waals surface area contributed by atoms with E-state index in [1.54, 1.807) is 24.1 Å². The first kappa shape index (κ1) is 27.1. The number of carbonyl (C=O) groups is 2. The molecule has 5 rings (SSSR count). The van der Waals surface area contributed by atoms with Gasteiger partial charge in [0.25, 0.3) is 5.69 Å². The number of nitrogens with one attached hydrogen (secondary N) is 1. The second-order valence-electron chi connectivity index (χ2n) is 10.3. The standard InChI is InChI=1S/C32H33N3O5/c1-3-4-5-13-30(37)34-28-12-7-6-11-26(28)33-27-19-23(22-9-8-10-24(18-22)35(38)39)20-29(36)31(27)32(34)21-14-16-25(40-2)17-15-21/h6-12,14-18,23,32-33H,3-5,13,19-20H2,1-2H3. The summed E-state index contributed by atoms with van der Waals surface area (Å²) in [5, 5.41) is 14.9. The van der Waals surface area contributed by atoms with Crippen LogP contribution in [0.4, 0.5) is 17.1 Å². The van der Waals surface area contributed by atoms with Crippen LogP contribution in [0.15, 0.2) is 84.1 Å². The molecule has 0 saturated heterocycles. The second-order valence-corrected chi connectivity index (χ2v) is 10.3. The van der Waals surface area contributed by atoms with Crippen molar-refractivity contribution in [1.82, 2.24) is 0 Å². The molecule has 0 bridgehead atoms. The Morgan fingerprint density at radius 1 is 1.02 bits per heavy atom. The number of ether oxygens (including phenoxy) is 1. The highest BCUT2D eigenvalue weighted by Crippen LogP contribution is 2.48. The molecule has 2 unspecified atom stereocenters. The van der Waals surface area contributed by atoms with Crippen molar-refractivity contribution in [2.45, 2.75) is 57.4 Å². The quantitative estimate of drug-likeness (QED) is 0.186. The number of anilines is 2. The van der Waals surface area contributed by atoms with Gasteiger partial charge < -0.3 is 10.1 Å². The third kappa shape index (κ3) is 5.34. The fraction of sp³-hybridized carbons (Fsp3) is 0.312. The molecule has 8 nitrogen and oxygen atoms in total. The maximum Gasteiger partial charge on any atom is 0.269 e. The van der Waals surface area contributed by atoms with Crippen LogP contribution in [0.5, 0.6) is 5.75 Å². The van der Waals surface area contributed by atoms with Crippen LogP contribution >= 0.6 is 0 Å². The molecule has 1 aliphatic carbocycles. The van der Waals surface area contributed by atoms with E-state index >= 15 is 0 Å². The van der Waals surface area contributed by atoms with Gasteiger partial charge in [-0.15, -0.1) is 0 Å². The van der Waals surface area contributed by atoms with Crippen molar-refractivity contribution in [3.63, 3.8) is 0 Å². The first-order chi connectivity index (χ1) is 19.4. The van der Waals surface area contributed by atoms with Crippen LogP contribution in [0.2, 0.25) is 0 Å². The average Bonchev–Trinajstić information content (AvgIpc) is 3.12. The molecule has 0 aromatic heterocycles. The van der Waals surface area contributed by atoms with Gasteiger partial charge in [-0.3, -0.25) is 24.6 Å². The number of hydrogen-bond acceptors (Lipinski definition) is 6. The third-order valence-electron chi connectivity index (χ3n) is 7.74. The Kier molecular flexibility index (Phi) is 7.96. The molecular weight excluding hydrogens is 506 g/mol. The molecule has 8 heteroatoms. The van der Waals surface area contributed by atoms with E-state index in [2.05, 4.69) is 12.2 Å². The van der Waals surface area contributed by atoms with Gasteiger partial charge in [-0.1, -0.05) is 56.2 Å². The largest absolute Gasteiger partial charge is 0.497 e. The van der Waals surface area contributed by atoms with Gasteiger partial charge in [0.1, 0.15) is 5.75 Å². The zero-order chi connectivity index (χ0) is 28.2. The summed E-state index contributed by atoms with van der Waals surface area (Å²) in [4.78, 5) is 40.8. The molecule has 3 aromatic rings. The molecule has 3 aromatic carbocycles. The van der Waals surface area contributed by atoms with Crippen LogP contribution < -0.4 is 15.0 Å². The van der Waals surface area contributed by atoms with Crippen molar-refractivity contribution < 1.29 is 19.2 Å². The van der Waals surface area contributed by atoms with E-state index in [0.717, 1.165) is 47.5 Å². The van der Waals surface area contributed by atoms with Gasteiger partial charge in [0.05, 0.1) is 29.4 Å². The molecular formula is C32H33N3O5. The number of ketones is 1. The van der Waals surface area contributed by atoms with Crippen LogP contribution in [-0.2, 0) is 9.59 Å². The number of hydrogen-bond donors (Lipinski definition) is 1. The van der Waals surface area contributed by atoms with E-state index in [1.165, 1.54) is 6.07 Å². The van der Waals surface area contributed by atoms with Crippen LogP contribution in [0.3, 0.4) is 0 Å². The smallest absolute Gasteiger partial charge is 0.269 e. The Labute approximate surface area is 233 Å². The number of nitrogens with zero attached hydrogens (tertiary/aromatic N) is 2. The highest BCUT2D eigenvalue weighted by molar-refractivity contribution is 6.06. The Bertz CT molecular complexity index is 1460. The summed E-state index contributed by atoms with van der Waals surface area (Å²) in [6.07, 6.45) is 3.78. The number of fused-ring (bicyclic) bond motifs is 1. The Balaban J connectivity index is 1.65. The molecule has 1 N–H and O–H groups in total. The maximum absolute atomic E-state index is 14.1. The number of non-ortho nitro benzene ring substituents is 1. The Morgan fingerprint density at radius 3 is 2.52 bits per heavy atom. The molecule has 1 aliphatic heterocycles. The lowest BCUT2D eigenvalue weighted by atomic mass is 9.78. The normalized spacial score (nSPS) is 18.4. The molecule has 0 fully saturated rings. The van der Waals surface area contributed by atoms with Crippen molar-refractivity contribution in [3.8, 4) is 5.75 Å². The van der Waals surface area contributed by atoms with Gasteiger partial charge in [0.2, 0.25) is 5.91 Å². The molecule has 2 atom stereocenters. The molecule has 0 radical (unpaired) electrons. The lowest BCUT2D eigenvalue weighted by Crippen LogP contribution is -2.38. The number of allylic oxidation sites excluding steroid dienone is 1. The molecule has 40 heavy (non-hydrogen) atoms. The van der Waals surface area contributed by atoms with Gasteiger partial charge in [-0.25, -0.2) is 0 Å². The number of methoxy groups -OCH3 is 1. The molecule has 206 valence electrons. The number of Topliss-reactive ketones (excluding diaryl/α,β-unsaturated/α-hetero) is 1. The first-order valence-corrected chi connectivity index (χ1v) is 13.7. The van der Waals surface area contributed by atoms with Crippen molar-refractivity contribution in [2.75, 3.05) is 17.3 Å². The average molecular weight is 540 g/mol. The van der Waals surface area contributed by atoms with Crippen molar-refractivity contribution in [3.05, 3.63) is 105 Å². The van der Waals surface area contributed by atoms with Gasteiger partial charge in [0.15, 0.2) is 5.78 Å². The van der Waals surface area contributed by atoms with Crippen molar-refractivity contribution >= 4 is 28.8 Å². The molecule has 1 heterocycles. The van der Waals surface area contributed by atoms with Crippen LogP contribution in [0.1, 0.15) is 68.5 Å². The summed E-state index contributed by atoms with van der Waals surface area (Å²) in [7, 11) is 1.60. The van der Waals surface area contributed by atoms with Gasteiger partial charge in [0, 0.05) is 36.2 Å². The number of carbonyl (C=O) groups excluding carboxylic acids is 2. The minimum atomic E-state index is -0.621. The van der Waals surface area contributed by atoms with E-state index in [-0.39, 0.29) is 29.7 Å². The number of para-hydroxylation sites is 2. The van der Waals surface area contributed by atoms with E-state index in [0.29, 0.717) is 24.2 Å². The summed E-state index contributed by atoms with van der Waals surface area (Å²) in [5.74, 6) is 0.344. The number of amides is 1. The van der Waals surface area contributed by atoms with Crippen LogP contribution in [0.25, 0.3) is 0 Å². The minimum Gasteiger partial charge on any atom is -0.497 e. The second kappa shape index (κ2) is 11.7. The highest BCUT2D eigenvalue weighted by atomic mass is 16.6. The molecule has 0 saturated carbocycles. The number of benzene rings is 3. The molecule has 2 aliphatic rings. The SMILES string of the molecule is CCCCCC(=O)N1c2ccccc2NC2=C(C(=O)CC(c3cccc([N+](=O)[O-])c3)C2)C1c1ccc(OC)cc1. The number of nitro benzene ring substituents is 1. The van der Waals surface area contributed by atoms with Gasteiger partial charge >= 0.3 is 0 Å². The van der Waals surface area contributed by atoms with Crippen LogP contribution in [0, 0.1) is 10.1 Å². The summed E-state index contributed by atoms with van der Waals surface area (Å²) in [5.41, 5.74) is 4.35. The maximum atomic E-state index is 14.1. The van der Waals surface area contributed by atoms with E-state index in [4.69, 9.17) is 4.74 Å². The van der Waals surface area contributed by atoms with Crippen LogP contribution in [-0.4, -0.2) is 23.7 Å². The third-order valence-corrected chi connectivity index (χ3v) is 7.74. The first-order valence-electron chi connectivity index (χ1n) is 13.7. The van der Waals surface area contributed by atoms with Crippen molar-refractivity contribution in [2.24, 2.45) is 0 Å². The summed E-state index contributed by atoms with van der Waals surface area (Å²) < 4.78 is 5.37. The lowest BCUT2D eigenvalue weighted by molar-refractivity contribution is -0.384. The number of rotatable bonds is 8. The fourth-order valence-electron chi connectivity index (χ4n) is 5.74. The predicted octanol–water partition coefficient (Wildman–Crippen LogP) is 7.08. The van der Waals surface area contributed by atoms with Gasteiger partial charge in [-0.2, -0.15) is 0 Å². The topological polar surface area (TPSA) is 102 Å². The summed E-state index contributed by atoms with van der Waals surface area (Å²) in [6, 6.07) is 21.0. The van der Waals surface area contributed by atoms with Crippen molar-refractivity contribution in [1.29, 1.82) is 0 Å². The fourth-order valence-corrected chi connectivity index (χ4v) is 5.74. The Hall–Kier alpha value is -4.46. The lowest BCUT2D eigenvalue weighted by Gasteiger charge is -2.35. The summed E-state index contributed by atoms with van der Waals surface area (Å²) >= 11 is 0. The zero-order valence-corrected chi connectivity index (χ0v) is 22.8. The monoisotopic (exact) mass is 539 g/mol. The number of unbranched alkanes of at least 4 members (excludes halogenated alkanes) is 2. The van der Waals surface area contributed by atoms with E-state index < -0.39 is 11.0 Å². The molecule has 1 amide bonds. The Morgan fingerprint density at radius 2 is 1.80 bits per heavy atom. The zero-order valence-electron chi connectivity index (χ0n) is 22.8. The van der Waals surface area contributed by atoms with E-state index in [1.807, 2.05) is 54.6 Å². The van der Waals surface area contributed by atoms with E-state index in [9.17, 15) is 19.7 Å². The summed E-state index contributed by atoms with van der Waals surface area (Å²) in [6.45, 7) is 2.10. The number of nitro groups is 1. The predicted molar refractivity (Wildman–Crippen MR) is 155 cm³/mol.